The van der Waals surface area contributed by atoms with Crippen LogP contribution < -0.4 is 0 Å². The molecule has 0 aliphatic heterocycles. The van der Waals surface area contributed by atoms with Crippen molar-refractivity contribution in [2.45, 2.75) is 99.8 Å². The Labute approximate surface area is 266 Å². The first kappa shape index (κ1) is 33.4. The molecule has 0 saturated carbocycles. The van der Waals surface area contributed by atoms with Crippen molar-refractivity contribution in [1.82, 2.24) is 0 Å². The zero-order valence-corrected chi connectivity index (χ0v) is 29.9. The summed E-state index contributed by atoms with van der Waals surface area (Å²) >= 11 is 1.46. The number of rotatable bonds is 2. The third kappa shape index (κ3) is 8.94. The van der Waals surface area contributed by atoms with Crippen molar-refractivity contribution in [2.24, 2.45) is 11.3 Å². The van der Waals surface area contributed by atoms with Crippen LogP contribution in [0.1, 0.15) is 110 Å². The van der Waals surface area contributed by atoms with Gasteiger partial charge in [-0.05, 0) is 28.4 Å². The minimum atomic E-state index is 0.167. The summed E-state index contributed by atoms with van der Waals surface area (Å²) in [5.74, 6) is 0.522. The molecule has 1 atom stereocenters. The summed E-state index contributed by atoms with van der Waals surface area (Å²) in [5.41, 5.74) is 13.2. The van der Waals surface area contributed by atoms with E-state index < -0.39 is 0 Å². The Hall–Kier alpha value is -2.11. The molecule has 3 aromatic rings. The second kappa shape index (κ2) is 13.5. The van der Waals surface area contributed by atoms with Crippen molar-refractivity contribution >= 4 is 3.71 Å². The monoisotopic (exact) mass is 620 g/mol. The Morgan fingerprint density at radius 3 is 1.93 bits per heavy atom. The van der Waals surface area contributed by atoms with Crippen LogP contribution in [-0.2, 0) is 41.5 Å². The van der Waals surface area contributed by atoms with Gasteiger partial charge in [-0.15, -0.1) is 11.1 Å². The van der Waals surface area contributed by atoms with Crippen LogP contribution in [0.3, 0.4) is 0 Å². The first-order valence-corrected chi connectivity index (χ1v) is 16.6. The minimum absolute atomic E-state index is 0.167. The summed E-state index contributed by atoms with van der Waals surface area (Å²) < 4.78 is 2.17. The average Bonchev–Trinajstić information content (AvgIpc) is 3.48. The fourth-order valence-electron chi connectivity index (χ4n) is 5.32. The topological polar surface area (TPSA) is 0 Å². The Morgan fingerprint density at radius 2 is 1.44 bits per heavy atom. The maximum absolute atomic E-state index is 3.67. The molecule has 0 fully saturated rings. The molecule has 0 spiro atoms. The number of benzene rings is 3. The summed E-state index contributed by atoms with van der Waals surface area (Å²) in [4.78, 5) is 0. The summed E-state index contributed by atoms with van der Waals surface area (Å²) in [6.07, 6.45) is 7.98. The molecular weight excluding hydrogens is 572 g/mol. The standard InChI is InChI=1S/C21H25.C12H19.C7H6.Zr/c1-20(2,3)16-7-9-18-14(12-16)11-15-13-17(21(4,5)6)8-10-19(15)18;1-6-10-7-9(2)8-11(10)12(3,4)5;1-7-5-3-2-4-6-7;/h7-10,12H,11H2,1-6H3;8-9H,6H2,1-5H3;1-6H;/q2*-1;;+2. The predicted octanol–water partition coefficient (Wildman–Crippen LogP) is 10.8. The fraction of sp³-hybridized carbons (Fsp3) is 0.425. The van der Waals surface area contributed by atoms with Crippen LogP contribution in [0.2, 0.25) is 0 Å². The van der Waals surface area contributed by atoms with Gasteiger partial charge in [-0.3, -0.25) is 6.08 Å². The number of hydrogen-bond acceptors (Lipinski definition) is 0. The van der Waals surface area contributed by atoms with Crippen molar-refractivity contribution < 1.29 is 24.2 Å². The van der Waals surface area contributed by atoms with Crippen molar-refractivity contribution in [2.75, 3.05) is 0 Å². The summed E-state index contributed by atoms with van der Waals surface area (Å²) in [7, 11) is 0. The van der Waals surface area contributed by atoms with E-state index >= 15 is 0 Å². The Morgan fingerprint density at radius 1 is 0.805 bits per heavy atom. The van der Waals surface area contributed by atoms with E-state index in [1.54, 1.807) is 0 Å². The van der Waals surface area contributed by atoms with Gasteiger partial charge >= 0.3 is 63.8 Å². The van der Waals surface area contributed by atoms with Gasteiger partial charge in [-0.1, -0.05) is 118 Å². The molecule has 0 aromatic heterocycles. The van der Waals surface area contributed by atoms with Gasteiger partial charge in [0.15, 0.2) is 0 Å². The Kier molecular flexibility index (Phi) is 11.0. The zero-order valence-electron chi connectivity index (χ0n) is 27.4. The van der Waals surface area contributed by atoms with E-state index in [1.807, 2.05) is 6.07 Å². The molecule has 1 heteroatoms. The first-order valence-electron chi connectivity index (χ1n) is 15.1. The van der Waals surface area contributed by atoms with Gasteiger partial charge in [0, 0.05) is 0 Å². The number of hydrogen-bond donors (Lipinski definition) is 0. The summed E-state index contributed by atoms with van der Waals surface area (Å²) in [6, 6.07) is 25.5. The van der Waals surface area contributed by atoms with Crippen LogP contribution in [0, 0.1) is 23.5 Å². The van der Waals surface area contributed by atoms with Gasteiger partial charge in [-0.2, -0.15) is 35.4 Å². The van der Waals surface area contributed by atoms with Gasteiger partial charge in [-0.25, -0.2) is 5.57 Å². The van der Waals surface area contributed by atoms with E-state index in [0.717, 1.165) is 12.8 Å². The van der Waals surface area contributed by atoms with Crippen molar-refractivity contribution in [1.29, 1.82) is 0 Å². The van der Waals surface area contributed by atoms with Crippen molar-refractivity contribution in [3.05, 3.63) is 118 Å². The van der Waals surface area contributed by atoms with Gasteiger partial charge in [0.1, 0.15) is 0 Å². The normalized spacial score (nSPS) is 15.9. The quantitative estimate of drug-likeness (QED) is 0.195. The van der Waals surface area contributed by atoms with Crippen LogP contribution in [0.25, 0.3) is 11.1 Å². The summed E-state index contributed by atoms with van der Waals surface area (Å²) in [5, 5.41) is 0. The first-order chi connectivity index (χ1) is 19.0. The molecule has 0 amide bonds. The molecule has 2 aliphatic carbocycles. The summed E-state index contributed by atoms with van der Waals surface area (Å²) in [6.45, 7) is 24.8. The van der Waals surface area contributed by atoms with Gasteiger partial charge in [0.05, 0.1) is 0 Å². The van der Waals surface area contributed by atoms with Crippen molar-refractivity contribution in [3.8, 4) is 11.1 Å². The van der Waals surface area contributed by atoms with Crippen LogP contribution in [0.15, 0.2) is 77.9 Å². The SMILES string of the molecule is CC(C)(C)c1[c-]c2c(cc1)-c1ccc(C(C)(C)C)cc1C2.CCC1=[C-]C(C)C=C1C(C)(C)C.[Zr+2]=[CH]c1ccccc1. The molecule has 5 rings (SSSR count). The molecule has 0 heterocycles. The van der Waals surface area contributed by atoms with Crippen LogP contribution >= 0.6 is 0 Å². The second-order valence-electron chi connectivity index (χ2n) is 14.5. The van der Waals surface area contributed by atoms with Gasteiger partial charge in [0.25, 0.3) is 0 Å². The van der Waals surface area contributed by atoms with E-state index in [4.69, 9.17) is 0 Å². The van der Waals surface area contributed by atoms with Crippen LogP contribution in [0.4, 0.5) is 0 Å². The Balaban J connectivity index is 0.000000194. The van der Waals surface area contributed by atoms with Crippen LogP contribution in [0.5, 0.6) is 0 Å². The number of allylic oxidation sites excluding steroid dienone is 4. The molecule has 0 bridgehead atoms. The molecule has 0 nitrogen and oxygen atoms in total. The molecule has 3 aromatic carbocycles. The predicted molar refractivity (Wildman–Crippen MR) is 176 cm³/mol. The van der Waals surface area contributed by atoms with Crippen LogP contribution in [-0.4, -0.2) is 3.71 Å². The van der Waals surface area contributed by atoms with E-state index in [9.17, 15) is 0 Å². The maximum atomic E-state index is 3.67. The van der Waals surface area contributed by atoms with E-state index in [2.05, 4.69) is 153 Å². The third-order valence-corrected chi connectivity index (χ3v) is 8.55. The molecule has 0 saturated heterocycles. The van der Waals surface area contributed by atoms with Crippen molar-refractivity contribution in [3.63, 3.8) is 0 Å². The zero-order chi connectivity index (χ0) is 30.6. The van der Waals surface area contributed by atoms with E-state index in [1.165, 1.54) is 74.3 Å². The molecule has 2 aliphatic rings. The van der Waals surface area contributed by atoms with E-state index in [0.29, 0.717) is 11.3 Å². The second-order valence-corrected chi connectivity index (χ2v) is 15.2. The van der Waals surface area contributed by atoms with Gasteiger partial charge in [0.2, 0.25) is 0 Å². The van der Waals surface area contributed by atoms with E-state index in [-0.39, 0.29) is 10.8 Å². The Bertz CT molecular complexity index is 1330. The molecular formula is C40H50Zr. The fourth-order valence-corrected chi connectivity index (χ4v) is 5.79. The average molecular weight is 622 g/mol. The molecule has 1 unspecified atom stereocenters. The molecule has 214 valence electrons. The number of fused-ring (bicyclic) bond motifs is 3. The molecule has 0 radical (unpaired) electrons. The molecule has 0 N–H and O–H groups in total. The molecule has 41 heavy (non-hydrogen) atoms. The third-order valence-electron chi connectivity index (χ3n) is 7.74. The van der Waals surface area contributed by atoms with Gasteiger partial charge < -0.3 is 0 Å².